The van der Waals surface area contributed by atoms with Gasteiger partial charge in [0.25, 0.3) is 5.56 Å². The first-order chi connectivity index (χ1) is 10.5. The van der Waals surface area contributed by atoms with Crippen LogP contribution in [0, 0.1) is 6.92 Å². The fraction of sp³-hybridized carbons (Fsp3) is 0.312. The lowest BCUT2D eigenvalue weighted by Gasteiger charge is -2.24. The van der Waals surface area contributed by atoms with E-state index in [2.05, 4.69) is 15.3 Å². The summed E-state index contributed by atoms with van der Waals surface area (Å²) in [6, 6.07) is 8.85. The van der Waals surface area contributed by atoms with Gasteiger partial charge in [0.05, 0.1) is 18.6 Å². The van der Waals surface area contributed by atoms with E-state index in [-0.39, 0.29) is 24.1 Å². The number of nitrogens with zero attached hydrogens (tertiary/aromatic N) is 2. The van der Waals surface area contributed by atoms with Crippen molar-refractivity contribution in [3.05, 3.63) is 63.8 Å². The van der Waals surface area contributed by atoms with E-state index in [4.69, 9.17) is 0 Å². The molecule has 0 fully saturated rings. The van der Waals surface area contributed by atoms with Crippen LogP contribution in [0.2, 0.25) is 0 Å². The van der Waals surface area contributed by atoms with Gasteiger partial charge in [-0.05, 0) is 26.6 Å². The highest BCUT2D eigenvalue weighted by Gasteiger charge is 2.22. The van der Waals surface area contributed by atoms with Crippen molar-refractivity contribution in [2.75, 3.05) is 14.1 Å². The average Bonchev–Trinajstić information content (AvgIpc) is 2.47. The molecule has 2 N–H and O–H groups in total. The van der Waals surface area contributed by atoms with E-state index < -0.39 is 0 Å². The van der Waals surface area contributed by atoms with Crippen LogP contribution in [0.1, 0.15) is 22.9 Å². The number of aromatic nitrogens is 2. The van der Waals surface area contributed by atoms with E-state index in [1.54, 1.807) is 0 Å². The van der Waals surface area contributed by atoms with E-state index >= 15 is 0 Å². The van der Waals surface area contributed by atoms with Gasteiger partial charge in [-0.1, -0.05) is 29.8 Å². The SMILES string of the molecule is Cc1ccc(C(C(=O)NCc2cc(=O)[nH]cn2)N(C)C)cc1. The van der Waals surface area contributed by atoms with E-state index in [1.807, 2.05) is 50.2 Å². The fourth-order valence-corrected chi connectivity index (χ4v) is 2.21. The van der Waals surface area contributed by atoms with Gasteiger partial charge in [0, 0.05) is 6.07 Å². The van der Waals surface area contributed by atoms with Gasteiger partial charge in [-0.15, -0.1) is 0 Å². The molecule has 1 heterocycles. The van der Waals surface area contributed by atoms with Crippen molar-refractivity contribution in [1.82, 2.24) is 20.2 Å². The van der Waals surface area contributed by atoms with Crippen LogP contribution < -0.4 is 10.9 Å². The zero-order valence-corrected chi connectivity index (χ0v) is 13.0. The first kappa shape index (κ1) is 15.9. The summed E-state index contributed by atoms with van der Waals surface area (Å²) in [5, 5.41) is 2.82. The Morgan fingerprint density at radius 2 is 2.00 bits per heavy atom. The van der Waals surface area contributed by atoms with Crippen LogP contribution in [0.5, 0.6) is 0 Å². The number of benzene rings is 1. The molecule has 0 radical (unpaired) electrons. The molecule has 1 amide bonds. The molecular weight excluding hydrogens is 280 g/mol. The third kappa shape index (κ3) is 4.02. The molecule has 0 aliphatic rings. The van der Waals surface area contributed by atoms with Gasteiger partial charge in [0.15, 0.2) is 0 Å². The Kier molecular flexibility index (Phi) is 5.06. The molecule has 0 aliphatic heterocycles. The molecule has 0 aliphatic carbocycles. The molecule has 2 rings (SSSR count). The number of rotatable bonds is 5. The minimum atomic E-state index is -0.386. The number of hydrogen-bond acceptors (Lipinski definition) is 4. The van der Waals surface area contributed by atoms with Crippen LogP contribution in [0.4, 0.5) is 0 Å². The lowest BCUT2D eigenvalue weighted by molar-refractivity contribution is -0.126. The smallest absolute Gasteiger partial charge is 0.250 e. The van der Waals surface area contributed by atoms with E-state index in [0.717, 1.165) is 11.1 Å². The Labute approximate surface area is 129 Å². The second kappa shape index (κ2) is 7.00. The summed E-state index contributed by atoms with van der Waals surface area (Å²) < 4.78 is 0. The predicted molar refractivity (Wildman–Crippen MR) is 84.3 cm³/mol. The fourth-order valence-electron chi connectivity index (χ4n) is 2.21. The molecule has 0 saturated carbocycles. The highest BCUT2D eigenvalue weighted by Crippen LogP contribution is 2.19. The lowest BCUT2D eigenvalue weighted by atomic mass is 10.0. The standard InChI is InChI=1S/C16H20N4O2/c1-11-4-6-12(7-5-11)15(20(2)3)16(22)17-9-13-8-14(21)19-10-18-13/h4-8,10,15H,9H2,1-3H3,(H,17,22)(H,18,19,21). The van der Waals surface area contributed by atoms with Gasteiger partial charge in [-0.3, -0.25) is 14.5 Å². The van der Waals surface area contributed by atoms with Crippen molar-refractivity contribution in [1.29, 1.82) is 0 Å². The molecular formula is C16H20N4O2. The van der Waals surface area contributed by atoms with Crippen LogP contribution in [-0.2, 0) is 11.3 Å². The zero-order valence-electron chi connectivity index (χ0n) is 13.0. The normalized spacial score (nSPS) is 12.2. The van der Waals surface area contributed by atoms with Crippen molar-refractivity contribution in [3.8, 4) is 0 Å². The Morgan fingerprint density at radius 1 is 1.32 bits per heavy atom. The van der Waals surface area contributed by atoms with Crippen molar-refractivity contribution in [3.63, 3.8) is 0 Å². The number of aromatic amines is 1. The number of hydrogen-bond donors (Lipinski definition) is 2. The molecule has 2 aromatic rings. The summed E-state index contributed by atoms with van der Waals surface area (Å²) in [6.07, 6.45) is 1.33. The molecule has 0 spiro atoms. The summed E-state index contributed by atoms with van der Waals surface area (Å²) in [4.78, 5) is 32.0. The molecule has 0 bridgehead atoms. The van der Waals surface area contributed by atoms with E-state index in [1.165, 1.54) is 12.4 Å². The van der Waals surface area contributed by atoms with E-state index in [0.29, 0.717) is 5.69 Å². The minimum absolute atomic E-state index is 0.129. The maximum absolute atomic E-state index is 12.5. The van der Waals surface area contributed by atoms with E-state index in [9.17, 15) is 9.59 Å². The van der Waals surface area contributed by atoms with Crippen LogP contribution in [-0.4, -0.2) is 34.9 Å². The Hall–Kier alpha value is -2.47. The van der Waals surface area contributed by atoms with Gasteiger partial charge in [-0.2, -0.15) is 0 Å². The summed E-state index contributed by atoms with van der Waals surface area (Å²) in [7, 11) is 3.71. The molecule has 6 heteroatoms. The number of amides is 1. The Morgan fingerprint density at radius 3 is 2.59 bits per heavy atom. The number of carbonyl (C=O) groups excluding carboxylic acids is 1. The second-order valence-electron chi connectivity index (χ2n) is 5.40. The first-order valence-corrected chi connectivity index (χ1v) is 7.01. The number of H-pyrrole nitrogens is 1. The minimum Gasteiger partial charge on any atom is -0.349 e. The molecule has 6 nitrogen and oxygen atoms in total. The number of likely N-dealkylation sites (N-methyl/N-ethyl adjacent to an activating group) is 1. The van der Waals surface area contributed by atoms with Gasteiger partial charge < -0.3 is 10.3 Å². The van der Waals surface area contributed by atoms with Gasteiger partial charge in [0.2, 0.25) is 5.91 Å². The summed E-state index contributed by atoms with van der Waals surface area (Å²) in [5.74, 6) is -0.129. The monoisotopic (exact) mass is 300 g/mol. The zero-order chi connectivity index (χ0) is 16.1. The molecule has 22 heavy (non-hydrogen) atoms. The molecule has 0 saturated heterocycles. The van der Waals surface area contributed by atoms with Gasteiger partial charge in [0.1, 0.15) is 6.04 Å². The van der Waals surface area contributed by atoms with Crippen LogP contribution in [0.25, 0.3) is 0 Å². The van der Waals surface area contributed by atoms with Crippen LogP contribution >= 0.6 is 0 Å². The van der Waals surface area contributed by atoms with Gasteiger partial charge >= 0.3 is 0 Å². The summed E-state index contributed by atoms with van der Waals surface area (Å²) >= 11 is 0. The van der Waals surface area contributed by atoms with Crippen molar-refractivity contribution in [2.24, 2.45) is 0 Å². The average molecular weight is 300 g/mol. The molecule has 1 aromatic carbocycles. The highest BCUT2D eigenvalue weighted by atomic mass is 16.2. The Bertz CT molecular complexity index is 692. The molecule has 116 valence electrons. The topological polar surface area (TPSA) is 78.1 Å². The predicted octanol–water partition coefficient (Wildman–Crippen LogP) is 0.997. The summed E-state index contributed by atoms with van der Waals surface area (Å²) in [5.41, 5.74) is 2.36. The van der Waals surface area contributed by atoms with Gasteiger partial charge in [-0.25, -0.2) is 4.98 Å². The number of aryl methyl sites for hydroxylation is 1. The largest absolute Gasteiger partial charge is 0.349 e. The van der Waals surface area contributed by atoms with Crippen molar-refractivity contribution < 1.29 is 4.79 Å². The maximum Gasteiger partial charge on any atom is 0.250 e. The molecule has 1 atom stereocenters. The quantitative estimate of drug-likeness (QED) is 0.863. The third-order valence-corrected chi connectivity index (χ3v) is 3.34. The lowest BCUT2D eigenvalue weighted by Crippen LogP contribution is -2.37. The van der Waals surface area contributed by atoms with Crippen LogP contribution in [0.15, 0.2) is 41.5 Å². The summed E-state index contributed by atoms with van der Waals surface area (Å²) in [6.45, 7) is 2.23. The third-order valence-electron chi connectivity index (χ3n) is 3.34. The van der Waals surface area contributed by atoms with Crippen molar-refractivity contribution in [2.45, 2.75) is 19.5 Å². The molecule has 1 aromatic heterocycles. The maximum atomic E-state index is 12.5. The highest BCUT2D eigenvalue weighted by molar-refractivity contribution is 5.83. The van der Waals surface area contributed by atoms with Crippen molar-refractivity contribution >= 4 is 5.91 Å². The molecule has 1 unspecified atom stereocenters. The Balaban J connectivity index is 2.10. The first-order valence-electron chi connectivity index (χ1n) is 7.01. The number of carbonyl (C=O) groups is 1. The second-order valence-corrected chi connectivity index (χ2v) is 5.40. The number of nitrogens with one attached hydrogen (secondary N) is 2. The van der Waals surface area contributed by atoms with Crippen LogP contribution in [0.3, 0.4) is 0 Å².